The van der Waals surface area contributed by atoms with Crippen LogP contribution in [0, 0.1) is 6.92 Å². The Hall–Kier alpha value is -3.33. The molecule has 190 valence electrons. The van der Waals surface area contributed by atoms with Gasteiger partial charge in [-0.25, -0.2) is 9.93 Å². The summed E-state index contributed by atoms with van der Waals surface area (Å²) >= 11 is 0.880. The number of carbonyl (C=O) groups excluding carboxylic acids is 1. The van der Waals surface area contributed by atoms with Gasteiger partial charge in [-0.05, 0) is 97.9 Å². The van der Waals surface area contributed by atoms with Gasteiger partial charge in [0, 0.05) is 6.54 Å². The van der Waals surface area contributed by atoms with Crippen LogP contribution in [0.3, 0.4) is 0 Å². The normalized spacial score (nSPS) is 13.9. The molecule has 8 heteroatoms. The third-order valence-electron chi connectivity index (χ3n) is 6.16. The summed E-state index contributed by atoms with van der Waals surface area (Å²) in [6.45, 7) is 7.44. The predicted octanol–water partition coefficient (Wildman–Crippen LogP) is 5.35. The molecule has 0 bridgehead atoms. The van der Waals surface area contributed by atoms with E-state index >= 15 is 0 Å². The first kappa shape index (κ1) is 27.3. The summed E-state index contributed by atoms with van der Waals surface area (Å²) in [7, 11) is 0. The quantitative estimate of drug-likeness (QED) is 0.204. The number of nitrogens with zero attached hydrogens (tertiary/aromatic N) is 1. The number of nitrogens with one attached hydrogen (secondary N) is 1. The minimum atomic E-state index is -0.951. The molecule has 1 aliphatic heterocycles. The molecular weight excluding hydrogens is 474 g/mol. The molecule has 4 rings (SSSR count). The van der Waals surface area contributed by atoms with E-state index in [0.717, 1.165) is 30.1 Å². The lowest BCUT2D eigenvalue weighted by Crippen LogP contribution is -2.18. The Bertz CT molecular complexity index is 1150. The van der Waals surface area contributed by atoms with Gasteiger partial charge in [0.2, 0.25) is 6.41 Å². The van der Waals surface area contributed by atoms with Gasteiger partial charge < -0.3 is 14.6 Å². The molecule has 1 fully saturated rings. The van der Waals surface area contributed by atoms with Gasteiger partial charge in [0.05, 0.1) is 11.6 Å². The van der Waals surface area contributed by atoms with Gasteiger partial charge in [-0.1, -0.05) is 36.4 Å². The fourth-order valence-corrected chi connectivity index (χ4v) is 4.43. The highest BCUT2D eigenvalue weighted by Gasteiger charge is 2.12. The summed E-state index contributed by atoms with van der Waals surface area (Å²) in [5.41, 5.74) is 6.22. The first-order valence-corrected chi connectivity index (χ1v) is 12.7. The number of likely N-dealkylation sites (tertiary alicyclic amines) is 1. The highest BCUT2D eigenvalue weighted by atomic mass is 32.2. The second-order valence-electron chi connectivity index (χ2n) is 8.77. The number of hydrogen-bond donors (Lipinski definition) is 3. The second kappa shape index (κ2) is 13.7. The molecule has 1 unspecified atom stereocenters. The fraction of sp³-hybridized carbons (Fsp3) is 0.286. The third kappa shape index (κ3) is 7.84. The number of rotatable bonds is 9. The smallest absolute Gasteiger partial charge is 0.335 e. The van der Waals surface area contributed by atoms with E-state index < -0.39 is 5.97 Å². The first-order valence-electron chi connectivity index (χ1n) is 11.9. The van der Waals surface area contributed by atoms with Gasteiger partial charge in [-0.2, -0.15) is 0 Å². The zero-order valence-corrected chi connectivity index (χ0v) is 21.5. The zero-order chi connectivity index (χ0) is 25.9. The van der Waals surface area contributed by atoms with Crippen LogP contribution in [0.25, 0.3) is 11.1 Å². The van der Waals surface area contributed by atoms with Crippen molar-refractivity contribution in [1.82, 2.24) is 10.2 Å². The van der Waals surface area contributed by atoms with Crippen LogP contribution in [0.1, 0.15) is 52.9 Å². The molecule has 3 aromatic rings. The molecule has 1 heterocycles. The van der Waals surface area contributed by atoms with Crippen LogP contribution in [0.5, 0.6) is 5.75 Å². The van der Waals surface area contributed by atoms with Crippen molar-refractivity contribution in [2.24, 2.45) is 5.14 Å². The van der Waals surface area contributed by atoms with E-state index in [2.05, 4.69) is 47.5 Å². The van der Waals surface area contributed by atoms with Crippen LogP contribution in [0.2, 0.25) is 0 Å². The summed E-state index contributed by atoms with van der Waals surface area (Å²) < 4.78 is 5.28. The highest BCUT2D eigenvalue weighted by molar-refractivity contribution is 7.92. The molecule has 0 radical (unpaired) electrons. The molecule has 1 saturated heterocycles. The van der Waals surface area contributed by atoms with E-state index in [1.807, 2.05) is 19.1 Å². The van der Waals surface area contributed by atoms with Gasteiger partial charge in [-0.3, -0.25) is 9.69 Å². The number of nitrogens with two attached hydrogens (primary N) is 1. The average molecular weight is 508 g/mol. The number of aromatic carboxylic acids is 1. The zero-order valence-electron chi connectivity index (χ0n) is 20.6. The van der Waals surface area contributed by atoms with E-state index in [0.29, 0.717) is 6.41 Å². The van der Waals surface area contributed by atoms with Crippen molar-refractivity contribution in [1.29, 1.82) is 0 Å². The topological polar surface area (TPSA) is 105 Å². The molecule has 0 aromatic heterocycles. The molecule has 1 aliphatic rings. The molecule has 36 heavy (non-hydrogen) atoms. The Labute approximate surface area is 217 Å². The van der Waals surface area contributed by atoms with Gasteiger partial charge in [0.1, 0.15) is 18.0 Å². The van der Waals surface area contributed by atoms with E-state index in [1.54, 1.807) is 12.1 Å². The summed E-state index contributed by atoms with van der Waals surface area (Å²) in [4.78, 5) is 23.2. The standard InChI is InChI=1S/C18H22N2OS.C10H11NO3/c1-14-11-17(21-22-19)7-8-18(14)16-6-4-5-15(12-16)13-20-9-2-3-10-20;1-7(11-6-12)8-2-4-9(5-3-8)10(13)14/h4-8,11-12H,2-3,9-10,13,19H2,1H3;2-7H,1H3,(H,11,12)(H,13,14). The minimum Gasteiger partial charge on any atom is -0.478 e. The van der Waals surface area contributed by atoms with Gasteiger partial charge in [0.25, 0.3) is 0 Å². The molecule has 7 nitrogen and oxygen atoms in total. The van der Waals surface area contributed by atoms with E-state index in [9.17, 15) is 9.59 Å². The van der Waals surface area contributed by atoms with Gasteiger partial charge in [-0.15, -0.1) is 0 Å². The highest BCUT2D eigenvalue weighted by Crippen LogP contribution is 2.28. The van der Waals surface area contributed by atoms with E-state index in [1.165, 1.54) is 60.3 Å². The lowest BCUT2D eigenvalue weighted by molar-refractivity contribution is -0.110. The van der Waals surface area contributed by atoms with Crippen molar-refractivity contribution in [2.45, 2.75) is 39.3 Å². The molecule has 3 aromatic carbocycles. The maximum Gasteiger partial charge on any atom is 0.335 e. The maximum atomic E-state index is 10.5. The Morgan fingerprint density at radius 2 is 1.86 bits per heavy atom. The Kier molecular flexibility index (Phi) is 10.4. The third-order valence-corrected chi connectivity index (χ3v) is 6.45. The van der Waals surface area contributed by atoms with Crippen molar-refractivity contribution in [3.05, 3.63) is 89.0 Å². The largest absolute Gasteiger partial charge is 0.478 e. The van der Waals surface area contributed by atoms with Gasteiger partial charge >= 0.3 is 5.97 Å². The van der Waals surface area contributed by atoms with Gasteiger partial charge in [0.15, 0.2) is 0 Å². The number of carboxylic acids is 1. The lowest BCUT2D eigenvalue weighted by Gasteiger charge is -2.16. The SMILES string of the molecule is CC(NC=O)c1ccc(C(=O)O)cc1.Cc1cc(OSN)ccc1-c1cccc(CN2CCCC2)c1. The van der Waals surface area contributed by atoms with Crippen LogP contribution >= 0.6 is 12.2 Å². The van der Waals surface area contributed by atoms with Crippen molar-refractivity contribution < 1.29 is 18.9 Å². The average Bonchev–Trinajstić information content (AvgIpc) is 3.38. The predicted molar refractivity (Wildman–Crippen MR) is 145 cm³/mol. The van der Waals surface area contributed by atoms with Crippen molar-refractivity contribution in [2.75, 3.05) is 13.1 Å². The fourth-order valence-electron chi connectivity index (χ4n) is 4.22. The maximum absolute atomic E-state index is 10.5. The Morgan fingerprint density at radius 3 is 2.47 bits per heavy atom. The molecule has 0 saturated carbocycles. The van der Waals surface area contributed by atoms with Crippen LogP contribution < -0.4 is 14.6 Å². The van der Waals surface area contributed by atoms with Crippen molar-refractivity contribution in [3.8, 4) is 16.9 Å². The summed E-state index contributed by atoms with van der Waals surface area (Å²) in [5, 5.41) is 16.6. The summed E-state index contributed by atoms with van der Waals surface area (Å²) in [5.74, 6) is -0.158. The molecule has 0 aliphatic carbocycles. The Morgan fingerprint density at radius 1 is 1.14 bits per heavy atom. The number of carbonyl (C=O) groups is 2. The molecular formula is C28H33N3O4S. The van der Waals surface area contributed by atoms with E-state index in [4.69, 9.17) is 14.4 Å². The molecule has 1 atom stereocenters. The molecule has 0 spiro atoms. The lowest BCUT2D eigenvalue weighted by atomic mass is 9.98. The van der Waals surface area contributed by atoms with Crippen molar-refractivity contribution in [3.63, 3.8) is 0 Å². The Balaban J connectivity index is 0.000000223. The minimum absolute atomic E-state index is 0.102. The van der Waals surface area contributed by atoms with E-state index in [-0.39, 0.29) is 11.6 Å². The van der Waals surface area contributed by atoms with Crippen LogP contribution in [0.4, 0.5) is 0 Å². The number of amides is 1. The molecule has 1 amide bonds. The van der Waals surface area contributed by atoms with Crippen LogP contribution in [-0.2, 0) is 11.3 Å². The summed E-state index contributed by atoms with van der Waals surface area (Å²) in [6, 6.07) is 21.3. The number of benzene rings is 3. The van der Waals surface area contributed by atoms with Crippen molar-refractivity contribution >= 4 is 24.6 Å². The first-order chi connectivity index (χ1) is 17.4. The number of carboxylic acid groups (broad SMARTS) is 1. The molecule has 4 N–H and O–H groups in total. The number of hydrogen-bond acceptors (Lipinski definition) is 6. The second-order valence-corrected chi connectivity index (χ2v) is 9.13. The van der Waals surface area contributed by atoms with Crippen LogP contribution in [0.15, 0.2) is 66.7 Å². The number of aryl methyl sites for hydroxylation is 1. The van der Waals surface area contributed by atoms with Crippen LogP contribution in [-0.4, -0.2) is 35.5 Å². The summed E-state index contributed by atoms with van der Waals surface area (Å²) in [6.07, 6.45) is 3.29. The monoisotopic (exact) mass is 507 g/mol.